The van der Waals surface area contributed by atoms with Crippen molar-refractivity contribution in [2.24, 2.45) is 0 Å². The highest BCUT2D eigenvalue weighted by Crippen LogP contribution is 2.31. The van der Waals surface area contributed by atoms with Gasteiger partial charge in [-0.15, -0.1) is 0 Å². The second-order valence-electron chi connectivity index (χ2n) is 5.35. The molecule has 7 heteroatoms. The molecule has 1 aromatic heterocycles. The Morgan fingerprint density at radius 2 is 1.90 bits per heavy atom. The SMILES string of the molecule is C[C@@H]1CCC[C@@H](C)N1S(=O)(=O)c1cccc2nonc12. The molecule has 1 fully saturated rings. The van der Waals surface area contributed by atoms with E-state index in [0.29, 0.717) is 11.0 Å². The van der Waals surface area contributed by atoms with E-state index in [4.69, 9.17) is 0 Å². The lowest BCUT2D eigenvalue weighted by Crippen LogP contribution is -2.47. The lowest BCUT2D eigenvalue weighted by molar-refractivity contribution is 0.204. The van der Waals surface area contributed by atoms with Gasteiger partial charge in [0.25, 0.3) is 0 Å². The molecular formula is C13H17N3O3S. The average molecular weight is 295 g/mol. The van der Waals surface area contributed by atoms with Crippen LogP contribution in [0.3, 0.4) is 0 Å². The van der Waals surface area contributed by atoms with E-state index in [9.17, 15) is 8.42 Å². The van der Waals surface area contributed by atoms with E-state index < -0.39 is 10.0 Å². The van der Waals surface area contributed by atoms with Crippen LogP contribution in [0.4, 0.5) is 0 Å². The van der Waals surface area contributed by atoms with Crippen molar-refractivity contribution in [1.82, 2.24) is 14.6 Å². The zero-order valence-electron chi connectivity index (χ0n) is 11.5. The van der Waals surface area contributed by atoms with Crippen LogP contribution in [-0.4, -0.2) is 35.1 Å². The van der Waals surface area contributed by atoms with Crippen LogP contribution in [0.15, 0.2) is 27.7 Å². The summed E-state index contributed by atoms with van der Waals surface area (Å²) in [5, 5.41) is 7.44. The third-order valence-corrected chi connectivity index (χ3v) is 6.08. The molecule has 2 atom stereocenters. The molecule has 0 N–H and O–H groups in total. The number of aromatic nitrogens is 2. The van der Waals surface area contributed by atoms with Crippen LogP contribution in [0.1, 0.15) is 33.1 Å². The highest BCUT2D eigenvalue weighted by atomic mass is 32.2. The molecule has 1 saturated heterocycles. The van der Waals surface area contributed by atoms with Gasteiger partial charge in [-0.05, 0) is 49.1 Å². The third-order valence-electron chi connectivity index (χ3n) is 3.92. The smallest absolute Gasteiger partial charge is 0.243 e. The molecule has 0 bridgehead atoms. The van der Waals surface area contributed by atoms with Crippen LogP contribution in [0.5, 0.6) is 0 Å². The van der Waals surface area contributed by atoms with Crippen molar-refractivity contribution in [1.29, 1.82) is 0 Å². The lowest BCUT2D eigenvalue weighted by Gasteiger charge is -2.37. The lowest BCUT2D eigenvalue weighted by atomic mass is 10.0. The van der Waals surface area contributed by atoms with Gasteiger partial charge in [0.15, 0.2) is 5.52 Å². The van der Waals surface area contributed by atoms with Crippen molar-refractivity contribution in [2.45, 2.75) is 50.1 Å². The minimum Gasteiger partial charge on any atom is -0.243 e. The maximum absolute atomic E-state index is 12.9. The summed E-state index contributed by atoms with van der Waals surface area (Å²) in [6.07, 6.45) is 2.83. The summed E-state index contributed by atoms with van der Waals surface area (Å²) in [5.74, 6) is 0. The molecule has 0 unspecified atom stereocenters. The zero-order valence-corrected chi connectivity index (χ0v) is 12.3. The molecule has 20 heavy (non-hydrogen) atoms. The minimum atomic E-state index is -3.59. The van der Waals surface area contributed by atoms with E-state index in [1.165, 1.54) is 0 Å². The second-order valence-corrected chi connectivity index (χ2v) is 7.16. The Morgan fingerprint density at radius 3 is 2.60 bits per heavy atom. The molecule has 3 rings (SSSR count). The number of hydrogen-bond acceptors (Lipinski definition) is 5. The van der Waals surface area contributed by atoms with E-state index in [1.807, 2.05) is 13.8 Å². The Balaban J connectivity index is 2.14. The molecule has 2 aromatic rings. The molecule has 1 aliphatic heterocycles. The molecule has 0 saturated carbocycles. The van der Waals surface area contributed by atoms with Gasteiger partial charge in [0, 0.05) is 12.1 Å². The normalized spacial score (nSPS) is 25.1. The molecular weight excluding hydrogens is 278 g/mol. The van der Waals surface area contributed by atoms with E-state index in [1.54, 1.807) is 22.5 Å². The van der Waals surface area contributed by atoms with Crippen molar-refractivity contribution in [3.05, 3.63) is 18.2 Å². The van der Waals surface area contributed by atoms with Crippen LogP contribution in [0, 0.1) is 0 Å². The van der Waals surface area contributed by atoms with Crippen LogP contribution >= 0.6 is 0 Å². The molecule has 6 nitrogen and oxygen atoms in total. The first kappa shape index (κ1) is 13.5. The molecule has 0 amide bonds. The third kappa shape index (κ3) is 2.01. The summed E-state index contributed by atoms with van der Waals surface area (Å²) in [6.45, 7) is 3.91. The zero-order chi connectivity index (χ0) is 14.3. The number of hydrogen-bond donors (Lipinski definition) is 0. The average Bonchev–Trinajstić information content (AvgIpc) is 2.85. The molecule has 2 heterocycles. The van der Waals surface area contributed by atoms with Crippen molar-refractivity contribution >= 4 is 21.1 Å². The summed E-state index contributed by atoms with van der Waals surface area (Å²) in [5.41, 5.74) is 0.765. The van der Waals surface area contributed by atoms with Crippen LogP contribution in [0.2, 0.25) is 0 Å². The first-order valence-corrected chi connectivity index (χ1v) is 8.20. The number of nitrogens with zero attached hydrogens (tertiary/aromatic N) is 3. The Labute approximate surface area is 117 Å². The van der Waals surface area contributed by atoms with Crippen LogP contribution in [-0.2, 0) is 10.0 Å². The van der Waals surface area contributed by atoms with Crippen molar-refractivity contribution in [3.8, 4) is 0 Å². The van der Waals surface area contributed by atoms with Gasteiger partial charge in [-0.2, -0.15) is 4.31 Å². The summed E-state index contributed by atoms with van der Waals surface area (Å²) >= 11 is 0. The van der Waals surface area contributed by atoms with E-state index >= 15 is 0 Å². The molecule has 0 spiro atoms. The van der Waals surface area contributed by atoms with E-state index in [-0.39, 0.29) is 17.0 Å². The number of sulfonamides is 1. The fourth-order valence-corrected chi connectivity index (χ4v) is 5.00. The summed E-state index contributed by atoms with van der Waals surface area (Å²) < 4.78 is 32.1. The number of benzene rings is 1. The van der Waals surface area contributed by atoms with Crippen LogP contribution < -0.4 is 0 Å². The first-order valence-electron chi connectivity index (χ1n) is 6.76. The molecule has 1 aliphatic rings. The van der Waals surface area contributed by atoms with Gasteiger partial charge < -0.3 is 0 Å². The van der Waals surface area contributed by atoms with Crippen molar-refractivity contribution in [3.63, 3.8) is 0 Å². The number of rotatable bonds is 2. The molecule has 1 aromatic carbocycles. The predicted octanol–water partition coefficient (Wildman–Crippen LogP) is 2.17. The van der Waals surface area contributed by atoms with Crippen LogP contribution in [0.25, 0.3) is 11.0 Å². The largest absolute Gasteiger partial charge is 0.245 e. The highest BCUT2D eigenvalue weighted by molar-refractivity contribution is 7.89. The quantitative estimate of drug-likeness (QED) is 0.848. The summed E-state index contributed by atoms with van der Waals surface area (Å²) in [7, 11) is -3.59. The van der Waals surface area contributed by atoms with Gasteiger partial charge in [-0.1, -0.05) is 12.5 Å². The number of piperidine rings is 1. The van der Waals surface area contributed by atoms with Gasteiger partial charge in [0.05, 0.1) is 0 Å². The summed E-state index contributed by atoms with van der Waals surface area (Å²) in [4.78, 5) is 0.178. The van der Waals surface area contributed by atoms with Gasteiger partial charge >= 0.3 is 0 Å². The molecule has 0 radical (unpaired) electrons. The minimum absolute atomic E-state index is 0.00105. The monoisotopic (exact) mass is 295 g/mol. The van der Waals surface area contributed by atoms with Gasteiger partial charge in [-0.3, -0.25) is 0 Å². The molecule has 0 aliphatic carbocycles. The van der Waals surface area contributed by atoms with Gasteiger partial charge in [0.2, 0.25) is 10.0 Å². The number of fused-ring (bicyclic) bond motifs is 1. The maximum Gasteiger partial charge on any atom is 0.245 e. The van der Waals surface area contributed by atoms with E-state index in [2.05, 4.69) is 14.9 Å². The van der Waals surface area contributed by atoms with Gasteiger partial charge in [0.1, 0.15) is 10.4 Å². The standard InChI is InChI=1S/C13H17N3O3S/c1-9-5-3-6-10(2)16(9)20(17,18)12-8-4-7-11-13(12)15-19-14-11/h4,7-10H,3,5-6H2,1-2H3/t9-,10-/m1/s1. The van der Waals surface area contributed by atoms with Crippen molar-refractivity contribution < 1.29 is 13.0 Å². The Bertz CT molecular complexity index is 715. The fraction of sp³-hybridized carbons (Fsp3) is 0.538. The van der Waals surface area contributed by atoms with E-state index in [0.717, 1.165) is 19.3 Å². The first-order chi connectivity index (χ1) is 9.51. The summed E-state index contributed by atoms with van der Waals surface area (Å²) in [6, 6.07) is 4.92. The second kappa shape index (κ2) is 4.82. The topological polar surface area (TPSA) is 76.3 Å². The Hall–Kier alpha value is -1.47. The Morgan fingerprint density at radius 1 is 1.20 bits per heavy atom. The highest BCUT2D eigenvalue weighted by Gasteiger charge is 2.37. The van der Waals surface area contributed by atoms with Crippen molar-refractivity contribution in [2.75, 3.05) is 0 Å². The fourth-order valence-electron chi connectivity index (χ4n) is 2.97. The Kier molecular flexibility index (Phi) is 3.25. The predicted molar refractivity (Wildman–Crippen MR) is 73.6 cm³/mol. The molecule has 108 valence electrons. The van der Waals surface area contributed by atoms with Gasteiger partial charge in [-0.25, -0.2) is 13.0 Å². The maximum atomic E-state index is 12.9.